The van der Waals surface area contributed by atoms with E-state index in [0.717, 1.165) is 54.4 Å². The predicted octanol–water partition coefficient (Wildman–Crippen LogP) is 5.09. The molecule has 1 aliphatic rings. The third-order valence-corrected chi connectivity index (χ3v) is 5.39. The molecule has 0 amide bonds. The van der Waals surface area contributed by atoms with Crippen LogP contribution in [0.4, 0.5) is 17.3 Å². The smallest absolute Gasteiger partial charge is 0.142 e. The fraction of sp³-hybridized carbons (Fsp3) is 0.500. The van der Waals surface area contributed by atoms with E-state index in [1.807, 2.05) is 6.92 Å². The van der Waals surface area contributed by atoms with Crippen LogP contribution in [0.25, 0.3) is 0 Å². The summed E-state index contributed by atoms with van der Waals surface area (Å²) in [5.41, 5.74) is 5.13. The van der Waals surface area contributed by atoms with Crippen LogP contribution < -0.4 is 9.80 Å². The van der Waals surface area contributed by atoms with E-state index in [2.05, 4.69) is 65.6 Å². The van der Waals surface area contributed by atoms with E-state index in [-0.39, 0.29) is 0 Å². The molecular weight excluding hydrogens is 376 g/mol. The van der Waals surface area contributed by atoms with Crippen molar-refractivity contribution >= 4 is 33.3 Å². The number of hydrogen-bond donors (Lipinski definition) is 0. The standard InChI is InChI=1S/C20H27BrN4/c1-6-24(7-2)19-17-9-8-10-25(20(17)23-15(5)22-19)18-13(3)11-16(21)12-14(18)4/h11-12H,6-10H2,1-5H3. The Kier molecular flexibility index (Phi) is 5.32. The molecule has 3 rings (SSSR count). The number of hydrogen-bond acceptors (Lipinski definition) is 4. The zero-order valence-electron chi connectivity index (χ0n) is 15.9. The van der Waals surface area contributed by atoms with Gasteiger partial charge in [0.15, 0.2) is 0 Å². The summed E-state index contributed by atoms with van der Waals surface area (Å²) >= 11 is 3.61. The van der Waals surface area contributed by atoms with E-state index in [1.54, 1.807) is 0 Å². The van der Waals surface area contributed by atoms with Crippen LogP contribution in [-0.4, -0.2) is 29.6 Å². The van der Waals surface area contributed by atoms with E-state index >= 15 is 0 Å². The van der Waals surface area contributed by atoms with Crippen molar-refractivity contribution in [3.05, 3.63) is 39.1 Å². The Morgan fingerprint density at radius 2 is 1.72 bits per heavy atom. The number of halogens is 1. The minimum Gasteiger partial charge on any atom is -0.357 e. The second-order valence-corrected chi connectivity index (χ2v) is 7.63. The molecule has 4 nitrogen and oxygen atoms in total. The Labute approximate surface area is 159 Å². The SMILES string of the molecule is CCN(CC)c1nc(C)nc2c1CCCN2c1c(C)cc(Br)cc1C. The second-order valence-electron chi connectivity index (χ2n) is 6.71. The van der Waals surface area contributed by atoms with Gasteiger partial charge in [-0.15, -0.1) is 0 Å². The molecule has 1 aromatic carbocycles. The normalized spacial score (nSPS) is 13.8. The number of anilines is 3. The molecule has 0 saturated heterocycles. The lowest BCUT2D eigenvalue weighted by molar-refractivity contribution is 0.723. The van der Waals surface area contributed by atoms with Gasteiger partial charge < -0.3 is 9.80 Å². The van der Waals surface area contributed by atoms with Crippen molar-refractivity contribution < 1.29 is 0 Å². The van der Waals surface area contributed by atoms with E-state index < -0.39 is 0 Å². The highest BCUT2D eigenvalue weighted by atomic mass is 79.9. The van der Waals surface area contributed by atoms with E-state index in [0.29, 0.717) is 0 Å². The molecule has 0 atom stereocenters. The topological polar surface area (TPSA) is 32.3 Å². The minimum atomic E-state index is 0.847. The first-order chi connectivity index (χ1) is 12.0. The molecule has 2 aromatic rings. The maximum Gasteiger partial charge on any atom is 0.142 e. The average Bonchev–Trinajstić information content (AvgIpc) is 2.55. The third kappa shape index (κ3) is 3.39. The lowest BCUT2D eigenvalue weighted by Gasteiger charge is -2.35. The van der Waals surface area contributed by atoms with Crippen LogP contribution in [0, 0.1) is 20.8 Å². The highest BCUT2D eigenvalue weighted by molar-refractivity contribution is 9.10. The summed E-state index contributed by atoms with van der Waals surface area (Å²) in [6.45, 7) is 13.7. The van der Waals surface area contributed by atoms with Gasteiger partial charge in [-0.3, -0.25) is 0 Å². The third-order valence-electron chi connectivity index (χ3n) is 4.93. The molecule has 0 saturated carbocycles. The van der Waals surface area contributed by atoms with Crippen LogP contribution in [0.1, 0.15) is 42.8 Å². The average molecular weight is 403 g/mol. The molecule has 0 radical (unpaired) electrons. The molecular formula is C20H27BrN4. The van der Waals surface area contributed by atoms with Gasteiger partial charge in [0.2, 0.25) is 0 Å². The Morgan fingerprint density at radius 1 is 1.08 bits per heavy atom. The summed E-state index contributed by atoms with van der Waals surface area (Å²) in [6, 6.07) is 4.38. The number of fused-ring (bicyclic) bond motifs is 1. The van der Waals surface area contributed by atoms with Crippen LogP contribution in [0.3, 0.4) is 0 Å². The quantitative estimate of drug-likeness (QED) is 0.712. The van der Waals surface area contributed by atoms with Crippen molar-refractivity contribution in [3.63, 3.8) is 0 Å². The number of aryl methyl sites for hydroxylation is 3. The van der Waals surface area contributed by atoms with Crippen LogP contribution in [0.2, 0.25) is 0 Å². The Bertz CT molecular complexity index is 761. The summed E-state index contributed by atoms with van der Waals surface area (Å²) in [4.78, 5) is 14.4. The first kappa shape index (κ1) is 18.2. The van der Waals surface area contributed by atoms with Crippen LogP contribution in [0.15, 0.2) is 16.6 Å². The largest absolute Gasteiger partial charge is 0.357 e. The Hall–Kier alpha value is -1.62. The molecule has 25 heavy (non-hydrogen) atoms. The molecule has 0 unspecified atom stereocenters. The van der Waals surface area contributed by atoms with Crippen molar-refractivity contribution in [1.29, 1.82) is 0 Å². The molecule has 0 fully saturated rings. The Morgan fingerprint density at radius 3 is 2.32 bits per heavy atom. The molecule has 0 spiro atoms. The van der Waals surface area contributed by atoms with Crippen molar-refractivity contribution in [2.24, 2.45) is 0 Å². The van der Waals surface area contributed by atoms with Crippen molar-refractivity contribution in [3.8, 4) is 0 Å². The van der Waals surface area contributed by atoms with Gasteiger partial charge >= 0.3 is 0 Å². The number of rotatable bonds is 4. The fourth-order valence-electron chi connectivity index (χ4n) is 3.86. The van der Waals surface area contributed by atoms with E-state index in [9.17, 15) is 0 Å². The maximum atomic E-state index is 4.86. The van der Waals surface area contributed by atoms with Gasteiger partial charge in [-0.05, 0) is 70.7 Å². The van der Waals surface area contributed by atoms with Gasteiger partial charge in [-0.2, -0.15) is 0 Å². The number of benzene rings is 1. The first-order valence-corrected chi connectivity index (χ1v) is 9.92. The molecule has 5 heteroatoms. The molecule has 1 aliphatic heterocycles. The van der Waals surface area contributed by atoms with Gasteiger partial charge in [-0.25, -0.2) is 9.97 Å². The van der Waals surface area contributed by atoms with Gasteiger partial charge in [0, 0.05) is 35.4 Å². The second kappa shape index (κ2) is 7.32. The first-order valence-electron chi connectivity index (χ1n) is 9.13. The fourth-order valence-corrected chi connectivity index (χ4v) is 4.55. The highest BCUT2D eigenvalue weighted by Gasteiger charge is 2.27. The summed E-state index contributed by atoms with van der Waals surface area (Å²) in [7, 11) is 0. The Balaban J connectivity index is 2.18. The number of nitrogens with zero attached hydrogens (tertiary/aromatic N) is 4. The molecule has 0 bridgehead atoms. The summed E-state index contributed by atoms with van der Waals surface area (Å²) in [6.07, 6.45) is 2.18. The van der Waals surface area contributed by atoms with E-state index in [4.69, 9.17) is 9.97 Å². The zero-order valence-corrected chi connectivity index (χ0v) is 17.4. The highest BCUT2D eigenvalue weighted by Crippen LogP contribution is 2.39. The lowest BCUT2D eigenvalue weighted by atomic mass is 10.0. The van der Waals surface area contributed by atoms with Crippen LogP contribution >= 0.6 is 15.9 Å². The minimum absolute atomic E-state index is 0.847. The van der Waals surface area contributed by atoms with Gasteiger partial charge in [0.05, 0.1) is 0 Å². The van der Waals surface area contributed by atoms with Crippen molar-refractivity contribution in [1.82, 2.24) is 9.97 Å². The van der Waals surface area contributed by atoms with Gasteiger partial charge in [0.1, 0.15) is 17.5 Å². The van der Waals surface area contributed by atoms with Crippen LogP contribution in [-0.2, 0) is 6.42 Å². The number of aromatic nitrogens is 2. The van der Waals surface area contributed by atoms with Gasteiger partial charge in [0.25, 0.3) is 0 Å². The van der Waals surface area contributed by atoms with E-state index in [1.165, 1.54) is 22.4 Å². The van der Waals surface area contributed by atoms with Crippen molar-refractivity contribution in [2.45, 2.75) is 47.5 Å². The molecule has 1 aromatic heterocycles. The molecule has 2 heterocycles. The molecule has 0 aliphatic carbocycles. The summed E-state index contributed by atoms with van der Waals surface area (Å²) in [5, 5.41) is 0. The summed E-state index contributed by atoms with van der Waals surface area (Å²) < 4.78 is 1.13. The summed E-state index contributed by atoms with van der Waals surface area (Å²) in [5.74, 6) is 3.05. The zero-order chi connectivity index (χ0) is 18.1. The van der Waals surface area contributed by atoms with Crippen molar-refractivity contribution in [2.75, 3.05) is 29.4 Å². The maximum absolute atomic E-state index is 4.86. The lowest BCUT2D eigenvalue weighted by Crippen LogP contribution is -2.31. The monoisotopic (exact) mass is 402 g/mol. The predicted molar refractivity (Wildman–Crippen MR) is 109 cm³/mol. The van der Waals surface area contributed by atoms with Gasteiger partial charge in [-0.1, -0.05) is 15.9 Å². The van der Waals surface area contributed by atoms with Crippen LogP contribution in [0.5, 0.6) is 0 Å². The molecule has 0 N–H and O–H groups in total. The molecule has 134 valence electrons.